The van der Waals surface area contributed by atoms with E-state index in [4.69, 9.17) is 10.4 Å². The van der Waals surface area contributed by atoms with Crippen LogP contribution in [-0.2, 0) is 6.54 Å². The number of nitrogens with one attached hydrogen (secondary N) is 1. The number of hydrogen-bond donors (Lipinski definition) is 1. The Morgan fingerprint density at radius 1 is 1.09 bits per heavy atom. The van der Waals surface area contributed by atoms with Crippen LogP contribution in [-0.4, -0.2) is 62.4 Å². The lowest BCUT2D eigenvalue weighted by atomic mass is 10.1. The molecule has 0 unspecified atom stereocenters. The van der Waals surface area contributed by atoms with Crippen LogP contribution in [0.1, 0.15) is 49.9 Å². The molecule has 1 saturated heterocycles. The summed E-state index contributed by atoms with van der Waals surface area (Å²) in [7, 11) is 0. The smallest absolute Gasteiger partial charge is 0.267 e. The highest BCUT2D eigenvalue weighted by atomic mass is 16.2. The Kier molecular flexibility index (Phi) is 6.69. The zero-order chi connectivity index (χ0) is 22.7. The maximum Gasteiger partial charge on any atom is 0.267 e. The van der Waals surface area contributed by atoms with Gasteiger partial charge in [0.25, 0.3) is 11.5 Å². The summed E-state index contributed by atoms with van der Waals surface area (Å²) in [5.41, 5.74) is 1.24. The standard InChI is InChI=1S/C24H32N6O2/c1-3-5-6-8-12-30-21(25)18(23(31)28-15-13-27(4-2)14-16-28)17-19-22(30)26-20-10-7-9-11-29(20)24(19)32/h7,9-11,17,25H,3-6,8,12-16H2,1-2H3. The van der Waals surface area contributed by atoms with Gasteiger partial charge in [0, 0.05) is 38.9 Å². The van der Waals surface area contributed by atoms with Gasteiger partial charge in [0.15, 0.2) is 0 Å². The second kappa shape index (κ2) is 9.65. The van der Waals surface area contributed by atoms with Gasteiger partial charge in [0.1, 0.15) is 16.8 Å². The third-order valence-electron chi connectivity index (χ3n) is 6.39. The quantitative estimate of drug-likeness (QED) is 0.455. The molecule has 4 rings (SSSR count). The van der Waals surface area contributed by atoms with Gasteiger partial charge in [0.2, 0.25) is 0 Å². The monoisotopic (exact) mass is 436 g/mol. The van der Waals surface area contributed by atoms with Crippen molar-refractivity contribution in [3.05, 3.63) is 51.9 Å². The van der Waals surface area contributed by atoms with Gasteiger partial charge in [-0.3, -0.25) is 19.4 Å². The highest BCUT2D eigenvalue weighted by molar-refractivity contribution is 5.97. The van der Waals surface area contributed by atoms with Crippen LogP contribution in [0.25, 0.3) is 16.7 Å². The number of amides is 1. The minimum atomic E-state index is -0.210. The number of pyridine rings is 2. The van der Waals surface area contributed by atoms with Gasteiger partial charge in [0.05, 0.1) is 10.9 Å². The lowest BCUT2D eigenvalue weighted by Gasteiger charge is -2.34. The molecule has 1 aliphatic rings. The first-order valence-corrected chi connectivity index (χ1v) is 11.7. The fourth-order valence-corrected chi connectivity index (χ4v) is 4.40. The van der Waals surface area contributed by atoms with Crippen LogP contribution in [0.2, 0.25) is 0 Å². The molecule has 0 atom stereocenters. The molecule has 3 aromatic heterocycles. The van der Waals surface area contributed by atoms with Crippen molar-refractivity contribution < 1.29 is 4.79 Å². The van der Waals surface area contributed by atoms with Gasteiger partial charge < -0.3 is 14.4 Å². The number of rotatable bonds is 7. The molecule has 1 N–H and O–H groups in total. The molecule has 1 aliphatic heterocycles. The molecule has 0 saturated carbocycles. The Balaban J connectivity index is 1.82. The molecule has 170 valence electrons. The molecule has 1 amide bonds. The van der Waals surface area contributed by atoms with Gasteiger partial charge in [-0.2, -0.15) is 0 Å². The number of aromatic nitrogens is 3. The van der Waals surface area contributed by atoms with Crippen LogP contribution in [0.15, 0.2) is 35.3 Å². The topological polar surface area (TPSA) is 86.7 Å². The Morgan fingerprint density at radius 3 is 2.59 bits per heavy atom. The van der Waals surface area contributed by atoms with Crippen LogP contribution in [0.3, 0.4) is 0 Å². The Labute approximate surface area is 187 Å². The lowest BCUT2D eigenvalue weighted by Crippen LogP contribution is -2.49. The number of hydrogen-bond acceptors (Lipinski definition) is 5. The van der Waals surface area contributed by atoms with Crippen molar-refractivity contribution in [1.82, 2.24) is 23.8 Å². The van der Waals surface area contributed by atoms with Gasteiger partial charge in [-0.25, -0.2) is 4.98 Å². The summed E-state index contributed by atoms with van der Waals surface area (Å²) in [6.45, 7) is 8.74. The molecule has 0 aliphatic carbocycles. The number of carbonyl (C=O) groups is 1. The van der Waals surface area contributed by atoms with Crippen molar-refractivity contribution in [3.8, 4) is 0 Å². The first-order chi connectivity index (χ1) is 15.5. The Hall–Kier alpha value is -3.00. The molecule has 0 bridgehead atoms. The second-order valence-electron chi connectivity index (χ2n) is 8.43. The number of carbonyl (C=O) groups excluding carboxylic acids is 1. The van der Waals surface area contributed by atoms with Gasteiger partial charge in [-0.15, -0.1) is 0 Å². The Bertz CT molecular complexity index is 1240. The summed E-state index contributed by atoms with van der Waals surface area (Å²) >= 11 is 0. The molecule has 0 aromatic carbocycles. The summed E-state index contributed by atoms with van der Waals surface area (Å²) in [6, 6.07) is 7.01. The fraction of sp³-hybridized carbons (Fsp3) is 0.500. The van der Waals surface area contributed by atoms with E-state index < -0.39 is 0 Å². The number of likely N-dealkylation sites (N-methyl/N-ethyl adjacent to an activating group) is 1. The van der Waals surface area contributed by atoms with E-state index in [2.05, 4.69) is 18.7 Å². The molecular weight excluding hydrogens is 404 g/mol. The van der Waals surface area contributed by atoms with Gasteiger partial charge in [-0.05, 0) is 31.2 Å². The van der Waals surface area contributed by atoms with E-state index in [1.165, 1.54) is 4.40 Å². The molecule has 32 heavy (non-hydrogen) atoms. The number of fused-ring (bicyclic) bond motifs is 2. The van der Waals surface area contributed by atoms with Crippen molar-refractivity contribution in [3.63, 3.8) is 0 Å². The number of nitrogens with zero attached hydrogens (tertiary/aromatic N) is 5. The SMILES string of the molecule is CCCCCCn1c(=N)c(C(=O)N2CCN(CC)CC2)cc2c(=O)n3ccccc3nc21. The average Bonchev–Trinajstić information content (AvgIpc) is 2.83. The van der Waals surface area contributed by atoms with Crippen LogP contribution >= 0.6 is 0 Å². The van der Waals surface area contributed by atoms with E-state index >= 15 is 0 Å². The molecule has 4 heterocycles. The summed E-state index contributed by atoms with van der Waals surface area (Å²) in [5, 5.41) is 9.25. The lowest BCUT2D eigenvalue weighted by molar-refractivity contribution is 0.0640. The van der Waals surface area contributed by atoms with E-state index in [0.29, 0.717) is 36.3 Å². The molecule has 8 nitrogen and oxygen atoms in total. The van der Waals surface area contributed by atoms with E-state index in [-0.39, 0.29) is 22.5 Å². The summed E-state index contributed by atoms with van der Waals surface area (Å²) in [4.78, 5) is 35.5. The minimum absolute atomic E-state index is 0.143. The summed E-state index contributed by atoms with van der Waals surface area (Å²) in [5.74, 6) is -0.174. The van der Waals surface area contributed by atoms with Gasteiger partial charge >= 0.3 is 0 Å². The highest BCUT2D eigenvalue weighted by Crippen LogP contribution is 2.14. The molecule has 0 spiro atoms. The Morgan fingerprint density at radius 2 is 1.88 bits per heavy atom. The van der Waals surface area contributed by atoms with E-state index in [9.17, 15) is 9.59 Å². The van der Waals surface area contributed by atoms with E-state index in [1.807, 2.05) is 6.07 Å². The third kappa shape index (κ3) is 4.19. The molecule has 1 fully saturated rings. The van der Waals surface area contributed by atoms with Crippen LogP contribution in [0.4, 0.5) is 0 Å². The molecule has 3 aromatic rings. The first-order valence-electron chi connectivity index (χ1n) is 11.7. The largest absolute Gasteiger partial charge is 0.336 e. The van der Waals surface area contributed by atoms with Crippen molar-refractivity contribution in [1.29, 1.82) is 5.41 Å². The number of piperazine rings is 1. The van der Waals surface area contributed by atoms with E-state index in [1.54, 1.807) is 33.9 Å². The predicted molar refractivity (Wildman–Crippen MR) is 125 cm³/mol. The molecular formula is C24H32N6O2. The maximum atomic E-state index is 13.4. The number of unbranched alkanes of at least 4 members (excludes halogenated alkanes) is 3. The zero-order valence-electron chi connectivity index (χ0n) is 19.0. The third-order valence-corrected chi connectivity index (χ3v) is 6.39. The first kappa shape index (κ1) is 22.2. The van der Waals surface area contributed by atoms with Crippen LogP contribution < -0.4 is 11.0 Å². The van der Waals surface area contributed by atoms with Crippen LogP contribution in [0, 0.1) is 5.41 Å². The molecule has 0 radical (unpaired) electrons. The normalized spacial score (nSPS) is 15.0. The zero-order valence-corrected chi connectivity index (χ0v) is 19.0. The predicted octanol–water partition coefficient (Wildman–Crippen LogP) is 2.49. The van der Waals surface area contributed by atoms with Crippen molar-refractivity contribution >= 4 is 22.6 Å². The highest BCUT2D eigenvalue weighted by Gasteiger charge is 2.24. The minimum Gasteiger partial charge on any atom is -0.336 e. The number of aryl methyl sites for hydroxylation is 1. The van der Waals surface area contributed by atoms with Crippen molar-refractivity contribution in [2.24, 2.45) is 0 Å². The average molecular weight is 437 g/mol. The van der Waals surface area contributed by atoms with Crippen molar-refractivity contribution in [2.75, 3.05) is 32.7 Å². The summed E-state index contributed by atoms with van der Waals surface area (Å²) in [6.07, 6.45) is 5.84. The maximum absolute atomic E-state index is 13.4. The second-order valence-corrected chi connectivity index (χ2v) is 8.43. The van der Waals surface area contributed by atoms with Crippen LogP contribution in [0.5, 0.6) is 0 Å². The fourth-order valence-electron chi connectivity index (χ4n) is 4.40. The molecule has 8 heteroatoms. The summed E-state index contributed by atoms with van der Waals surface area (Å²) < 4.78 is 3.26. The van der Waals surface area contributed by atoms with E-state index in [0.717, 1.165) is 45.3 Å². The van der Waals surface area contributed by atoms with Gasteiger partial charge in [-0.1, -0.05) is 39.2 Å². The van der Waals surface area contributed by atoms with Crippen molar-refractivity contribution in [2.45, 2.75) is 46.1 Å².